The average Bonchev–Trinajstić information content (AvgIpc) is 3.13. The monoisotopic (exact) mass is 377 g/mol. The molecule has 1 fully saturated rings. The van der Waals surface area contributed by atoms with Crippen molar-refractivity contribution in [1.29, 1.82) is 0 Å². The van der Waals surface area contributed by atoms with Crippen molar-refractivity contribution in [3.05, 3.63) is 29.3 Å². The Hall–Kier alpha value is -1.79. The Morgan fingerprint density at radius 2 is 2.19 bits per heavy atom. The second-order valence-electron chi connectivity index (χ2n) is 7.11. The molecule has 2 N–H and O–H groups in total. The van der Waals surface area contributed by atoms with Crippen molar-refractivity contribution in [3.8, 4) is 5.75 Å². The quantitative estimate of drug-likeness (QED) is 0.373. The molecule has 1 saturated heterocycles. The van der Waals surface area contributed by atoms with E-state index < -0.39 is 0 Å². The van der Waals surface area contributed by atoms with Crippen LogP contribution in [0.4, 0.5) is 0 Å². The highest BCUT2D eigenvalue weighted by atomic mass is 16.5. The van der Waals surface area contributed by atoms with Gasteiger partial charge in [-0.25, -0.2) is 4.99 Å². The summed E-state index contributed by atoms with van der Waals surface area (Å²) < 4.78 is 17.2. The number of nitrogens with one attached hydrogen (secondary N) is 2. The van der Waals surface area contributed by atoms with Crippen molar-refractivity contribution in [2.24, 2.45) is 4.99 Å². The Morgan fingerprint density at radius 3 is 2.89 bits per heavy atom. The van der Waals surface area contributed by atoms with Crippen LogP contribution in [0.25, 0.3) is 0 Å². The van der Waals surface area contributed by atoms with Crippen LogP contribution in [0.1, 0.15) is 44.7 Å². The SMILES string of the molecule is CCNC(=NCc1ccc(C)cc1OC(C)C)NCCOCC1CCCO1. The molecule has 1 unspecified atom stereocenters. The van der Waals surface area contributed by atoms with Gasteiger partial charge in [-0.2, -0.15) is 0 Å². The molecule has 0 aliphatic carbocycles. The summed E-state index contributed by atoms with van der Waals surface area (Å²) in [6.07, 6.45) is 2.66. The predicted molar refractivity (Wildman–Crippen MR) is 110 cm³/mol. The number of hydrogen-bond donors (Lipinski definition) is 2. The van der Waals surface area contributed by atoms with Gasteiger partial charge in [0.15, 0.2) is 5.96 Å². The Labute approximate surface area is 163 Å². The number of rotatable bonds is 10. The molecule has 1 heterocycles. The minimum atomic E-state index is 0.141. The molecule has 1 aromatic carbocycles. The fourth-order valence-corrected chi connectivity index (χ4v) is 2.89. The molecule has 1 aromatic rings. The Bertz CT molecular complexity index is 584. The summed E-state index contributed by atoms with van der Waals surface area (Å²) in [5, 5.41) is 6.59. The number of guanidine groups is 1. The summed E-state index contributed by atoms with van der Waals surface area (Å²) in [7, 11) is 0. The fraction of sp³-hybridized carbons (Fsp3) is 0.667. The summed E-state index contributed by atoms with van der Waals surface area (Å²) in [4.78, 5) is 4.69. The van der Waals surface area contributed by atoms with Gasteiger partial charge >= 0.3 is 0 Å². The Kier molecular flexibility index (Phi) is 9.42. The maximum absolute atomic E-state index is 5.94. The van der Waals surface area contributed by atoms with Gasteiger partial charge in [0, 0.05) is 25.3 Å². The molecular formula is C21H35N3O3. The van der Waals surface area contributed by atoms with E-state index in [9.17, 15) is 0 Å². The van der Waals surface area contributed by atoms with Crippen LogP contribution in [0, 0.1) is 6.92 Å². The molecule has 6 heteroatoms. The van der Waals surface area contributed by atoms with Crippen molar-refractivity contribution in [2.45, 2.75) is 59.3 Å². The molecule has 0 saturated carbocycles. The highest BCUT2D eigenvalue weighted by Gasteiger charge is 2.15. The average molecular weight is 378 g/mol. The molecule has 1 aliphatic rings. The zero-order chi connectivity index (χ0) is 19.5. The molecule has 1 atom stereocenters. The molecule has 152 valence electrons. The van der Waals surface area contributed by atoms with E-state index >= 15 is 0 Å². The summed E-state index contributed by atoms with van der Waals surface area (Å²) in [6.45, 7) is 12.5. The third-order valence-electron chi connectivity index (χ3n) is 4.20. The molecule has 27 heavy (non-hydrogen) atoms. The van der Waals surface area contributed by atoms with Gasteiger partial charge in [0.1, 0.15) is 5.75 Å². The van der Waals surface area contributed by atoms with Crippen molar-refractivity contribution in [3.63, 3.8) is 0 Å². The van der Waals surface area contributed by atoms with Gasteiger partial charge in [0.2, 0.25) is 0 Å². The second-order valence-corrected chi connectivity index (χ2v) is 7.11. The fourth-order valence-electron chi connectivity index (χ4n) is 2.89. The molecular weight excluding hydrogens is 342 g/mol. The largest absolute Gasteiger partial charge is 0.491 e. The van der Waals surface area contributed by atoms with Crippen molar-refractivity contribution in [1.82, 2.24) is 10.6 Å². The topological polar surface area (TPSA) is 64.1 Å². The Morgan fingerprint density at radius 1 is 1.33 bits per heavy atom. The van der Waals surface area contributed by atoms with Crippen molar-refractivity contribution in [2.75, 3.05) is 32.9 Å². The van der Waals surface area contributed by atoms with Crippen LogP contribution in [0.15, 0.2) is 23.2 Å². The lowest BCUT2D eigenvalue weighted by Gasteiger charge is -2.15. The van der Waals surface area contributed by atoms with E-state index in [1.165, 1.54) is 5.56 Å². The van der Waals surface area contributed by atoms with E-state index in [2.05, 4.69) is 42.7 Å². The number of aliphatic imine (C=N–C) groups is 1. The first-order valence-electron chi connectivity index (χ1n) is 10.1. The lowest BCUT2D eigenvalue weighted by Crippen LogP contribution is -2.39. The number of nitrogens with zero attached hydrogens (tertiary/aromatic N) is 1. The molecule has 6 nitrogen and oxygen atoms in total. The first-order chi connectivity index (χ1) is 13.1. The highest BCUT2D eigenvalue weighted by molar-refractivity contribution is 5.79. The smallest absolute Gasteiger partial charge is 0.191 e. The van der Waals surface area contributed by atoms with Gasteiger partial charge in [0.25, 0.3) is 0 Å². The van der Waals surface area contributed by atoms with E-state index in [1.807, 2.05) is 13.8 Å². The summed E-state index contributed by atoms with van der Waals surface area (Å²) in [6, 6.07) is 6.26. The van der Waals surface area contributed by atoms with Crippen LogP contribution >= 0.6 is 0 Å². The minimum Gasteiger partial charge on any atom is -0.491 e. The zero-order valence-electron chi connectivity index (χ0n) is 17.2. The highest BCUT2D eigenvalue weighted by Crippen LogP contribution is 2.22. The van der Waals surface area contributed by atoms with E-state index in [4.69, 9.17) is 19.2 Å². The van der Waals surface area contributed by atoms with Gasteiger partial charge in [0.05, 0.1) is 32.0 Å². The van der Waals surface area contributed by atoms with Gasteiger partial charge in [-0.05, 0) is 52.2 Å². The molecule has 1 aliphatic heterocycles. The van der Waals surface area contributed by atoms with Crippen LogP contribution in [-0.2, 0) is 16.0 Å². The predicted octanol–water partition coefficient (Wildman–Crippen LogP) is 3.03. The summed E-state index contributed by atoms with van der Waals surface area (Å²) in [5.41, 5.74) is 2.27. The van der Waals surface area contributed by atoms with Gasteiger partial charge < -0.3 is 24.8 Å². The van der Waals surface area contributed by atoms with E-state index in [1.54, 1.807) is 0 Å². The summed E-state index contributed by atoms with van der Waals surface area (Å²) in [5.74, 6) is 1.69. The molecule has 0 amide bonds. The lowest BCUT2D eigenvalue weighted by atomic mass is 10.1. The standard InChI is InChI=1S/C21H35N3O3/c1-5-22-21(23-10-12-25-15-19-7-6-11-26-19)24-14-18-9-8-17(4)13-20(18)27-16(2)3/h8-9,13,16,19H,5-7,10-12,14-15H2,1-4H3,(H2,22,23,24). The Balaban J connectivity index is 1.83. The minimum absolute atomic E-state index is 0.141. The van der Waals surface area contributed by atoms with E-state index in [-0.39, 0.29) is 12.2 Å². The zero-order valence-corrected chi connectivity index (χ0v) is 17.2. The van der Waals surface area contributed by atoms with E-state index in [0.717, 1.165) is 43.3 Å². The van der Waals surface area contributed by atoms with Gasteiger partial charge in [-0.1, -0.05) is 12.1 Å². The van der Waals surface area contributed by atoms with Crippen LogP contribution < -0.4 is 15.4 Å². The van der Waals surface area contributed by atoms with Gasteiger partial charge in [-0.3, -0.25) is 0 Å². The number of ether oxygens (including phenoxy) is 3. The maximum Gasteiger partial charge on any atom is 0.191 e. The van der Waals surface area contributed by atoms with Crippen molar-refractivity contribution >= 4 is 5.96 Å². The number of aryl methyl sites for hydroxylation is 1. The number of benzene rings is 1. The molecule has 0 radical (unpaired) electrons. The summed E-state index contributed by atoms with van der Waals surface area (Å²) >= 11 is 0. The van der Waals surface area contributed by atoms with E-state index in [0.29, 0.717) is 26.3 Å². The first-order valence-corrected chi connectivity index (χ1v) is 10.1. The maximum atomic E-state index is 5.94. The molecule has 0 aromatic heterocycles. The first kappa shape index (κ1) is 21.5. The second kappa shape index (κ2) is 11.8. The van der Waals surface area contributed by atoms with Crippen molar-refractivity contribution < 1.29 is 14.2 Å². The van der Waals surface area contributed by atoms with Gasteiger partial charge in [-0.15, -0.1) is 0 Å². The third-order valence-corrected chi connectivity index (χ3v) is 4.20. The third kappa shape index (κ3) is 8.18. The molecule has 0 bridgehead atoms. The number of hydrogen-bond acceptors (Lipinski definition) is 4. The molecule has 0 spiro atoms. The lowest BCUT2D eigenvalue weighted by molar-refractivity contribution is 0.0191. The normalized spacial score (nSPS) is 17.4. The van der Waals surface area contributed by atoms with Crippen LogP contribution in [0.5, 0.6) is 5.75 Å². The van der Waals surface area contributed by atoms with Crippen LogP contribution in [0.3, 0.4) is 0 Å². The van der Waals surface area contributed by atoms with Crippen LogP contribution in [-0.4, -0.2) is 51.1 Å². The van der Waals surface area contributed by atoms with Crippen LogP contribution in [0.2, 0.25) is 0 Å². The molecule has 2 rings (SSSR count).